The molecule has 0 fully saturated rings. The normalized spacial score (nSPS) is 10.6. The van der Waals surface area contributed by atoms with Crippen molar-refractivity contribution in [2.45, 2.75) is 13.3 Å². The molecule has 5 heteroatoms. The van der Waals surface area contributed by atoms with Gasteiger partial charge < -0.3 is 9.73 Å². The molecule has 0 saturated carbocycles. The molecule has 0 radical (unpaired) electrons. The summed E-state index contributed by atoms with van der Waals surface area (Å²) >= 11 is 0. The third kappa shape index (κ3) is 2.40. The van der Waals surface area contributed by atoms with Crippen LogP contribution in [0.2, 0.25) is 0 Å². The van der Waals surface area contributed by atoms with Crippen LogP contribution in [0.3, 0.4) is 0 Å². The zero-order chi connectivity index (χ0) is 13.1. The van der Waals surface area contributed by atoms with Gasteiger partial charge in [-0.2, -0.15) is 0 Å². The van der Waals surface area contributed by atoms with Gasteiger partial charge in [-0.25, -0.2) is 4.39 Å². The molecule has 1 amide bonds. The van der Waals surface area contributed by atoms with Gasteiger partial charge in [0.05, 0.1) is 5.39 Å². The highest BCUT2D eigenvalue weighted by atomic mass is 19.1. The highest BCUT2D eigenvalue weighted by molar-refractivity contribution is 5.93. The van der Waals surface area contributed by atoms with E-state index in [0.717, 1.165) is 18.6 Å². The summed E-state index contributed by atoms with van der Waals surface area (Å²) in [5.74, 6) is -1.02. The minimum atomic E-state index is -0.516. The van der Waals surface area contributed by atoms with E-state index in [9.17, 15) is 14.0 Å². The van der Waals surface area contributed by atoms with E-state index in [4.69, 9.17) is 4.42 Å². The van der Waals surface area contributed by atoms with Crippen molar-refractivity contribution in [3.05, 3.63) is 46.1 Å². The third-order valence-electron chi connectivity index (χ3n) is 2.45. The average Bonchev–Trinajstić information content (AvgIpc) is 2.36. The Morgan fingerprint density at radius 1 is 1.39 bits per heavy atom. The maximum absolute atomic E-state index is 13.0. The fourth-order valence-electron chi connectivity index (χ4n) is 1.57. The lowest BCUT2D eigenvalue weighted by molar-refractivity contribution is 0.0926. The molecule has 0 bridgehead atoms. The number of carbonyl (C=O) groups is 1. The van der Waals surface area contributed by atoms with Gasteiger partial charge in [0.25, 0.3) is 5.91 Å². The summed E-state index contributed by atoms with van der Waals surface area (Å²) in [7, 11) is 0. The van der Waals surface area contributed by atoms with E-state index >= 15 is 0 Å². The zero-order valence-electron chi connectivity index (χ0n) is 9.83. The number of hydrogen-bond acceptors (Lipinski definition) is 3. The summed E-state index contributed by atoms with van der Waals surface area (Å²) in [4.78, 5) is 23.4. The summed E-state index contributed by atoms with van der Waals surface area (Å²) in [6.45, 7) is 2.42. The quantitative estimate of drug-likeness (QED) is 0.905. The van der Waals surface area contributed by atoms with Crippen molar-refractivity contribution >= 4 is 16.9 Å². The van der Waals surface area contributed by atoms with Crippen molar-refractivity contribution < 1.29 is 13.6 Å². The van der Waals surface area contributed by atoms with Gasteiger partial charge in [0.15, 0.2) is 11.2 Å². The predicted octanol–water partition coefficient (Wildman–Crippen LogP) is 2.07. The summed E-state index contributed by atoms with van der Waals surface area (Å²) < 4.78 is 18.3. The Morgan fingerprint density at radius 2 is 2.17 bits per heavy atom. The predicted molar refractivity (Wildman–Crippen MR) is 65.1 cm³/mol. The van der Waals surface area contributed by atoms with E-state index in [1.54, 1.807) is 0 Å². The van der Waals surface area contributed by atoms with Gasteiger partial charge in [-0.3, -0.25) is 9.59 Å². The minimum absolute atomic E-state index is 0.0624. The van der Waals surface area contributed by atoms with E-state index in [1.165, 1.54) is 12.1 Å². The summed E-state index contributed by atoms with van der Waals surface area (Å²) in [6, 6.07) is 4.68. The molecule has 0 unspecified atom stereocenters. The van der Waals surface area contributed by atoms with Crippen molar-refractivity contribution in [1.29, 1.82) is 0 Å². The number of halogens is 1. The standard InChI is InChI=1S/C13H12FNO3/c1-2-5-15-13(17)12-7-10(16)9-6-8(14)3-4-11(9)18-12/h3-4,6-7H,2,5H2,1H3,(H,15,17). The first-order chi connectivity index (χ1) is 8.61. The minimum Gasteiger partial charge on any atom is -0.451 e. The maximum atomic E-state index is 13.0. The molecule has 1 aromatic heterocycles. The number of benzene rings is 1. The van der Waals surface area contributed by atoms with Crippen molar-refractivity contribution in [1.82, 2.24) is 5.32 Å². The highest BCUT2D eigenvalue weighted by Crippen LogP contribution is 2.13. The Balaban J connectivity index is 2.46. The van der Waals surface area contributed by atoms with Crippen LogP contribution in [0.1, 0.15) is 23.9 Å². The Kier molecular flexibility index (Phi) is 3.41. The fraction of sp³-hybridized carbons (Fsp3) is 0.231. The second-order valence-electron chi connectivity index (χ2n) is 3.87. The summed E-state index contributed by atoms with van der Waals surface area (Å²) in [6.07, 6.45) is 0.786. The topological polar surface area (TPSA) is 59.3 Å². The van der Waals surface area contributed by atoms with Gasteiger partial charge in [-0.15, -0.1) is 0 Å². The van der Waals surface area contributed by atoms with Crippen molar-refractivity contribution in [2.24, 2.45) is 0 Å². The molecule has 0 spiro atoms. The SMILES string of the molecule is CCCNC(=O)c1cc(=O)c2cc(F)ccc2o1. The van der Waals surface area contributed by atoms with Gasteiger partial charge in [-0.1, -0.05) is 6.92 Å². The van der Waals surface area contributed by atoms with Crippen molar-refractivity contribution in [3.63, 3.8) is 0 Å². The first-order valence-corrected chi connectivity index (χ1v) is 5.63. The monoisotopic (exact) mass is 249 g/mol. The van der Waals surface area contributed by atoms with E-state index in [1.807, 2.05) is 6.92 Å². The van der Waals surface area contributed by atoms with Crippen LogP contribution in [0.4, 0.5) is 4.39 Å². The van der Waals surface area contributed by atoms with Crippen LogP contribution in [0.25, 0.3) is 11.0 Å². The molecule has 1 N–H and O–H groups in total. The molecule has 0 aliphatic carbocycles. The van der Waals surface area contributed by atoms with E-state index in [2.05, 4.69) is 5.32 Å². The Hall–Kier alpha value is -2.17. The van der Waals surface area contributed by atoms with Crippen LogP contribution in [0.15, 0.2) is 33.5 Å². The van der Waals surface area contributed by atoms with Crippen LogP contribution < -0.4 is 10.7 Å². The molecule has 0 aliphatic heterocycles. The first-order valence-electron chi connectivity index (χ1n) is 5.63. The average molecular weight is 249 g/mol. The molecular weight excluding hydrogens is 237 g/mol. The Labute approximate surface area is 102 Å². The molecule has 4 nitrogen and oxygen atoms in total. The molecule has 1 aromatic carbocycles. The van der Waals surface area contributed by atoms with E-state index < -0.39 is 17.2 Å². The van der Waals surface area contributed by atoms with Gasteiger partial charge in [-0.05, 0) is 24.6 Å². The molecule has 2 aromatic rings. The Morgan fingerprint density at radius 3 is 2.89 bits per heavy atom. The van der Waals surface area contributed by atoms with Crippen LogP contribution in [0, 0.1) is 5.82 Å². The molecular formula is C13H12FNO3. The smallest absolute Gasteiger partial charge is 0.287 e. The molecule has 1 heterocycles. The number of hydrogen-bond donors (Lipinski definition) is 1. The molecule has 18 heavy (non-hydrogen) atoms. The van der Waals surface area contributed by atoms with Crippen LogP contribution in [-0.4, -0.2) is 12.5 Å². The molecule has 2 rings (SSSR count). The Bertz CT molecular complexity index is 648. The summed E-state index contributed by atoms with van der Waals surface area (Å²) in [5, 5.41) is 2.73. The molecule has 94 valence electrons. The summed E-state index contributed by atoms with van der Waals surface area (Å²) in [5.41, 5.74) is -0.233. The van der Waals surface area contributed by atoms with Crippen molar-refractivity contribution in [2.75, 3.05) is 6.54 Å². The van der Waals surface area contributed by atoms with Gasteiger partial charge >= 0.3 is 0 Å². The number of nitrogens with one attached hydrogen (secondary N) is 1. The highest BCUT2D eigenvalue weighted by Gasteiger charge is 2.11. The van der Waals surface area contributed by atoms with E-state index in [-0.39, 0.29) is 16.7 Å². The lowest BCUT2D eigenvalue weighted by atomic mass is 10.2. The van der Waals surface area contributed by atoms with Crippen LogP contribution >= 0.6 is 0 Å². The van der Waals surface area contributed by atoms with Gasteiger partial charge in [0.2, 0.25) is 0 Å². The number of amides is 1. The molecule has 0 atom stereocenters. The second-order valence-corrected chi connectivity index (χ2v) is 3.87. The lowest BCUT2D eigenvalue weighted by Gasteiger charge is -2.03. The van der Waals surface area contributed by atoms with Crippen molar-refractivity contribution in [3.8, 4) is 0 Å². The number of carbonyl (C=O) groups excluding carboxylic acids is 1. The van der Waals surface area contributed by atoms with Crippen LogP contribution in [-0.2, 0) is 0 Å². The first kappa shape index (κ1) is 12.3. The largest absolute Gasteiger partial charge is 0.451 e. The van der Waals surface area contributed by atoms with Crippen LogP contribution in [0.5, 0.6) is 0 Å². The zero-order valence-corrected chi connectivity index (χ0v) is 9.83. The number of fused-ring (bicyclic) bond motifs is 1. The van der Waals surface area contributed by atoms with Gasteiger partial charge in [0, 0.05) is 12.6 Å². The molecule has 0 aliphatic rings. The third-order valence-corrected chi connectivity index (χ3v) is 2.45. The van der Waals surface area contributed by atoms with E-state index in [0.29, 0.717) is 6.54 Å². The maximum Gasteiger partial charge on any atom is 0.287 e. The second kappa shape index (κ2) is 5.00. The number of rotatable bonds is 3. The van der Waals surface area contributed by atoms with Gasteiger partial charge in [0.1, 0.15) is 11.4 Å². The fourth-order valence-corrected chi connectivity index (χ4v) is 1.57. The molecule has 0 saturated heterocycles. The lowest BCUT2D eigenvalue weighted by Crippen LogP contribution is -2.25.